The lowest BCUT2D eigenvalue weighted by atomic mass is 10.0. The molecular formula is C16H20N2O2S. The zero-order chi connectivity index (χ0) is 15.3. The van der Waals surface area contributed by atoms with Crippen LogP contribution in [0.1, 0.15) is 18.1 Å². The van der Waals surface area contributed by atoms with Crippen molar-refractivity contribution >= 4 is 21.2 Å². The van der Waals surface area contributed by atoms with Crippen LogP contribution >= 0.6 is 0 Å². The molecule has 3 N–H and O–H groups in total. The van der Waals surface area contributed by atoms with Crippen molar-refractivity contribution in [3.63, 3.8) is 0 Å². The molecule has 4 nitrogen and oxygen atoms in total. The number of anilines is 2. The van der Waals surface area contributed by atoms with Gasteiger partial charge < -0.3 is 11.1 Å². The van der Waals surface area contributed by atoms with E-state index in [1.165, 1.54) is 11.1 Å². The molecule has 112 valence electrons. The average Bonchev–Trinajstić information content (AvgIpc) is 2.49. The minimum atomic E-state index is -3.00. The Balaban J connectivity index is 1.97. The molecule has 0 saturated heterocycles. The van der Waals surface area contributed by atoms with Gasteiger partial charge in [0.1, 0.15) is 5.88 Å². The molecule has 0 aliphatic heterocycles. The second-order valence-corrected chi connectivity index (χ2v) is 7.32. The molecule has 2 aromatic carbocycles. The normalized spacial score (nSPS) is 11.3. The van der Waals surface area contributed by atoms with Crippen molar-refractivity contribution < 1.29 is 8.42 Å². The molecule has 0 spiro atoms. The third-order valence-corrected chi connectivity index (χ3v) is 4.74. The van der Waals surface area contributed by atoms with Gasteiger partial charge >= 0.3 is 0 Å². The summed E-state index contributed by atoms with van der Waals surface area (Å²) in [5, 5.41) is 2.93. The number of hydrogen-bond acceptors (Lipinski definition) is 4. The number of hydrogen-bond donors (Lipinski definition) is 2. The molecule has 0 unspecified atom stereocenters. The highest BCUT2D eigenvalue weighted by atomic mass is 32.2. The standard InChI is InChI=1S/C16H20N2O2S/c1-2-21(19,20)12-18-16-9-5-14(6-10-16)11-13-3-7-15(17)8-4-13/h3-10,18H,2,11-12,17H2,1H3. The number of benzene rings is 2. The molecule has 2 rings (SSSR count). The average molecular weight is 304 g/mol. The van der Waals surface area contributed by atoms with Crippen LogP contribution in [-0.4, -0.2) is 20.0 Å². The number of nitrogens with two attached hydrogens (primary N) is 1. The van der Waals surface area contributed by atoms with Gasteiger partial charge in [0, 0.05) is 17.1 Å². The molecule has 0 fully saturated rings. The van der Waals surface area contributed by atoms with Crippen molar-refractivity contribution in [3.05, 3.63) is 59.7 Å². The van der Waals surface area contributed by atoms with Gasteiger partial charge in [0.05, 0.1) is 0 Å². The fourth-order valence-corrected chi connectivity index (χ4v) is 2.50. The van der Waals surface area contributed by atoms with E-state index in [0.29, 0.717) is 0 Å². The summed E-state index contributed by atoms with van der Waals surface area (Å²) < 4.78 is 22.9. The first kappa shape index (κ1) is 15.4. The maximum Gasteiger partial charge on any atom is 0.167 e. The first-order valence-corrected chi connectivity index (χ1v) is 8.68. The molecule has 0 amide bonds. The summed E-state index contributed by atoms with van der Waals surface area (Å²) in [7, 11) is -3.00. The Labute approximate surface area is 125 Å². The van der Waals surface area contributed by atoms with Gasteiger partial charge in [-0.2, -0.15) is 0 Å². The Morgan fingerprint density at radius 1 is 0.952 bits per heavy atom. The lowest BCUT2D eigenvalue weighted by Gasteiger charge is -2.08. The minimum absolute atomic E-state index is 0.0270. The largest absolute Gasteiger partial charge is 0.399 e. The predicted octanol–water partition coefficient (Wildman–Crippen LogP) is 2.66. The molecule has 21 heavy (non-hydrogen) atoms. The first-order valence-electron chi connectivity index (χ1n) is 6.86. The molecule has 5 heteroatoms. The fraction of sp³-hybridized carbons (Fsp3) is 0.250. The maximum absolute atomic E-state index is 11.4. The summed E-state index contributed by atoms with van der Waals surface area (Å²) in [5.41, 5.74) is 9.60. The van der Waals surface area contributed by atoms with Crippen molar-refractivity contribution in [3.8, 4) is 0 Å². The van der Waals surface area contributed by atoms with E-state index >= 15 is 0 Å². The van der Waals surface area contributed by atoms with Crippen molar-refractivity contribution in [2.24, 2.45) is 0 Å². The van der Waals surface area contributed by atoms with Gasteiger partial charge in [-0.05, 0) is 41.8 Å². The van der Waals surface area contributed by atoms with Gasteiger partial charge in [-0.25, -0.2) is 8.42 Å². The summed E-state index contributed by atoms with van der Waals surface area (Å²) in [4.78, 5) is 0. The summed E-state index contributed by atoms with van der Waals surface area (Å²) >= 11 is 0. The van der Waals surface area contributed by atoms with Crippen LogP contribution in [0.2, 0.25) is 0 Å². The summed E-state index contributed by atoms with van der Waals surface area (Å²) in [6.45, 7) is 1.65. The molecule has 2 aromatic rings. The highest BCUT2D eigenvalue weighted by Crippen LogP contribution is 2.15. The van der Waals surface area contributed by atoms with Gasteiger partial charge in [0.25, 0.3) is 0 Å². The number of nitrogens with one attached hydrogen (secondary N) is 1. The highest BCUT2D eigenvalue weighted by molar-refractivity contribution is 7.91. The Morgan fingerprint density at radius 2 is 1.48 bits per heavy atom. The van der Waals surface area contributed by atoms with E-state index in [1.807, 2.05) is 48.5 Å². The van der Waals surface area contributed by atoms with Gasteiger partial charge in [-0.15, -0.1) is 0 Å². The molecule has 0 heterocycles. The number of rotatable bonds is 6. The van der Waals surface area contributed by atoms with Crippen LogP contribution in [0.5, 0.6) is 0 Å². The van der Waals surface area contributed by atoms with E-state index in [1.54, 1.807) is 6.92 Å². The zero-order valence-electron chi connectivity index (χ0n) is 12.0. The van der Waals surface area contributed by atoms with Crippen LogP contribution < -0.4 is 11.1 Å². The number of nitrogen functional groups attached to an aromatic ring is 1. The van der Waals surface area contributed by atoms with E-state index in [0.717, 1.165) is 17.8 Å². The molecule has 0 aliphatic rings. The summed E-state index contributed by atoms with van der Waals surface area (Å²) in [5.74, 6) is 0.121. The monoisotopic (exact) mass is 304 g/mol. The highest BCUT2D eigenvalue weighted by Gasteiger charge is 2.06. The Bertz CT molecular complexity index is 677. The second kappa shape index (κ2) is 6.63. The quantitative estimate of drug-likeness (QED) is 0.805. The van der Waals surface area contributed by atoms with Gasteiger partial charge in [-0.3, -0.25) is 0 Å². The van der Waals surface area contributed by atoms with Crippen LogP contribution in [0.15, 0.2) is 48.5 Å². The SMILES string of the molecule is CCS(=O)(=O)CNc1ccc(Cc2ccc(N)cc2)cc1. The summed E-state index contributed by atoms with van der Waals surface area (Å²) in [6, 6.07) is 15.6. The van der Waals surface area contributed by atoms with Gasteiger partial charge in [-0.1, -0.05) is 31.2 Å². The van der Waals surface area contributed by atoms with Crippen molar-refractivity contribution in [2.75, 3.05) is 22.7 Å². The van der Waals surface area contributed by atoms with Gasteiger partial charge in [0.15, 0.2) is 9.84 Å². The molecule has 0 atom stereocenters. The molecule has 0 radical (unpaired) electrons. The molecule has 0 aromatic heterocycles. The van der Waals surface area contributed by atoms with Crippen LogP contribution in [0.3, 0.4) is 0 Å². The lowest BCUT2D eigenvalue weighted by Crippen LogP contribution is -2.16. The maximum atomic E-state index is 11.4. The Hall–Kier alpha value is -2.01. The topological polar surface area (TPSA) is 72.2 Å². The van der Waals surface area contributed by atoms with E-state index in [-0.39, 0.29) is 11.6 Å². The third-order valence-electron chi connectivity index (χ3n) is 3.28. The van der Waals surface area contributed by atoms with Crippen molar-refractivity contribution in [1.29, 1.82) is 0 Å². The van der Waals surface area contributed by atoms with Gasteiger partial charge in [0.2, 0.25) is 0 Å². The Morgan fingerprint density at radius 3 is 2.00 bits per heavy atom. The van der Waals surface area contributed by atoms with E-state index in [9.17, 15) is 8.42 Å². The fourth-order valence-electron chi connectivity index (χ4n) is 1.91. The predicted molar refractivity (Wildman–Crippen MR) is 88.1 cm³/mol. The van der Waals surface area contributed by atoms with Crippen LogP contribution in [0, 0.1) is 0 Å². The van der Waals surface area contributed by atoms with E-state index in [4.69, 9.17) is 5.73 Å². The summed E-state index contributed by atoms with van der Waals surface area (Å²) in [6.07, 6.45) is 0.827. The molecular weight excluding hydrogens is 284 g/mol. The first-order chi connectivity index (χ1) is 9.98. The minimum Gasteiger partial charge on any atom is -0.399 e. The van der Waals surface area contributed by atoms with Crippen molar-refractivity contribution in [1.82, 2.24) is 0 Å². The van der Waals surface area contributed by atoms with Crippen molar-refractivity contribution in [2.45, 2.75) is 13.3 Å². The van der Waals surface area contributed by atoms with Crippen LogP contribution in [-0.2, 0) is 16.3 Å². The van der Waals surface area contributed by atoms with Crippen LogP contribution in [0.4, 0.5) is 11.4 Å². The van der Waals surface area contributed by atoms with Crippen LogP contribution in [0.25, 0.3) is 0 Å². The molecule has 0 bridgehead atoms. The van der Waals surface area contributed by atoms with E-state index in [2.05, 4.69) is 5.32 Å². The second-order valence-electron chi connectivity index (χ2n) is 4.97. The number of sulfone groups is 1. The third kappa shape index (κ3) is 4.79. The lowest BCUT2D eigenvalue weighted by molar-refractivity contribution is 0.599. The smallest absolute Gasteiger partial charge is 0.167 e. The molecule has 0 aliphatic carbocycles. The Kier molecular flexibility index (Phi) is 4.85. The zero-order valence-corrected chi connectivity index (χ0v) is 12.9. The van der Waals surface area contributed by atoms with E-state index < -0.39 is 9.84 Å². The molecule has 0 saturated carbocycles.